The maximum Gasteiger partial charge on any atom is 0.242 e. The van der Waals surface area contributed by atoms with Gasteiger partial charge < -0.3 is 24.4 Å². The van der Waals surface area contributed by atoms with Gasteiger partial charge in [-0.2, -0.15) is 0 Å². The standard InChI is InChI=1S/C25H32N2O5/c1-18(25(29)26-16-21-10-7-13-32-21)27(17-19-8-5-4-6-9-19)24(28)15-20-11-12-22(30-2)23(14-20)31-3/h4-6,8-9,11-12,14,18,21H,7,10,13,15-17H2,1-3H3,(H,26,29)/t18-,21+/m1/s1. The summed E-state index contributed by atoms with van der Waals surface area (Å²) in [5.74, 6) is 0.847. The van der Waals surface area contributed by atoms with Crippen LogP contribution in [-0.4, -0.2) is 56.2 Å². The fourth-order valence-electron chi connectivity index (χ4n) is 3.80. The first-order chi connectivity index (χ1) is 15.5. The molecule has 0 aromatic heterocycles. The zero-order valence-corrected chi connectivity index (χ0v) is 19.0. The monoisotopic (exact) mass is 440 g/mol. The highest BCUT2D eigenvalue weighted by Gasteiger charge is 2.27. The Morgan fingerprint density at radius 3 is 2.50 bits per heavy atom. The highest BCUT2D eigenvalue weighted by molar-refractivity contribution is 5.88. The molecular weight excluding hydrogens is 408 g/mol. The molecule has 0 radical (unpaired) electrons. The molecule has 1 heterocycles. The predicted molar refractivity (Wildman–Crippen MR) is 122 cm³/mol. The second kappa shape index (κ2) is 11.5. The number of hydrogen-bond acceptors (Lipinski definition) is 5. The zero-order valence-electron chi connectivity index (χ0n) is 19.0. The van der Waals surface area contributed by atoms with Gasteiger partial charge in [-0.3, -0.25) is 9.59 Å². The van der Waals surface area contributed by atoms with Gasteiger partial charge in [0.05, 0.1) is 26.7 Å². The quantitative estimate of drug-likeness (QED) is 0.615. The number of ether oxygens (including phenoxy) is 3. The molecule has 1 aliphatic heterocycles. The lowest BCUT2D eigenvalue weighted by Crippen LogP contribution is -2.49. The van der Waals surface area contributed by atoms with Crippen molar-refractivity contribution in [2.45, 2.75) is 44.9 Å². The van der Waals surface area contributed by atoms with Crippen LogP contribution in [-0.2, 0) is 27.3 Å². The molecule has 32 heavy (non-hydrogen) atoms. The molecule has 1 fully saturated rings. The van der Waals surface area contributed by atoms with Gasteiger partial charge in [0, 0.05) is 19.7 Å². The number of benzene rings is 2. The number of methoxy groups -OCH3 is 2. The fourth-order valence-corrected chi connectivity index (χ4v) is 3.80. The third-order valence-electron chi connectivity index (χ3n) is 5.69. The van der Waals surface area contributed by atoms with Crippen LogP contribution in [0.2, 0.25) is 0 Å². The highest BCUT2D eigenvalue weighted by atomic mass is 16.5. The van der Waals surface area contributed by atoms with E-state index in [1.165, 1.54) is 0 Å². The van der Waals surface area contributed by atoms with E-state index in [1.54, 1.807) is 38.2 Å². The summed E-state index contributed by atoms with van der Waals surface area (Å²) in [6, 6.07) is 14.5. The molecule has 1 aliphatic rings. The van der Waals surface area contributed by atoms with Gasteiger partial charge in [-0.05, 0) is 43.0 Å². The normalized spacial score (nSPS) is 16.3. The Morgan fingerprint density at radius 2 is 1.84 bits per heavy atom. The van der Waals surface area contributed by atoms with Gasteiger partial charge in [0.15, 0.2) is 11.5 Å². The fraction of sp³-hybridized carbons (Fsp3) is 0.440. The van der Waals surface area contributed by atoms with Gasteiger partial charge in [-0.15, -0.1) is 0 Å². The Morgan fingerprint density at radius 1 is 1.09 bits per heavy atom. The van der Waals surface area contributed by atoms with Crippen molar-refractivity contribution in [3.05, 3.63) is 59.7 Å². The first-order valence-corrected chi connectivity index (χ1v) is 11.0. The Balaban J connectivity index is 1.73. The van der Waals surface area contributed by atoms with E-state index in [-0.39, 0.29) is 24.3 Å². The number of nitrogens with one attached hydrogen (secondary N) is 1. The van der Waals surface area contributed by atoms with Gasteiger partial charge in [0.1, 0.15) is 6.04 Å². The molecule has 2 aromatic rings. The van der Waals surface area contributed by atoms with E-state index in [4.69, 9.17) is 14.2 Å². The van der Waals surface area contributed by atoms with Crippen molar-refractivity contribution < 1.29 is 23.8 Å². The molecule has 0 saturated carbocycles. The van der Waals surface area contributed by atoms with Crippen LogP contribution in [0.4, 0.5) is 0 Å². The Labute approximate surface area is 189 Å². The molecule has 0 bridgehead atoms. The summed E-state index contributed by atoms with van der Waals surface area (Å²) in [6.07, 6.45) is 2.16. The van der Waals surface area contributed by atoms with Crippen LogP contribution in [0.3, 0.4) is 0 Å². The number of carbonyl (C=O) groups excluding carboxylic acids is 2. The summed E-state index contributed by atoms with van der Waals surface area (Å²) >= 11 is 0. The smallest absolute Gasteiger partial charge is 0.242 e. The molecule has 172 valence electrons. The van der Waals surface area contributed by atoms with E-state index < -0.39 is 6.04 Å². The summed E-state index contributed by atoms with van der Waals surface area (Å²) < 4.78 is 16.2. The van der Waals surface area contributed by atoms with Crippen LogP contribution < -0.4 is 14.8 Å². The van der Waals surface area contributed by atoms with E-state index >= 15 is 0 Å². The summed E-state index contributed by atoms with van der Waals surface area (Å²) in [7, 11) is 3.13. The first kappa shape index (κ1) is 23.6. The molecule has 0 aliphatic carbocycles. The van der Waals surface area contributed by atoms with Gasteiger partial charge in [0.25, 0.3) is 0 Å². The van der Waals surface area contributed by atoms with Crippen LogP contribution in [0.15, 0.2) is 48.5 Å². The van der Waals surface area contributed by atoms with Crippen molar-refractivity contribution in [2.24, 2.45) is 0 Å². The summed E-state index contributed by atoms with van der Waals surface area (Å²) in [5, 5.41) is 2.95. The summed E-state index contributed by atoms with van der Waals surface area (Å²) in [6.45, 7) is 3.31. The minimum Gasteiger partial charge on any atom is -0.493 e. The Kier molecular flexibility index (Phi) is 8.50. The maximum atomic E-state index is 13.3. The SMILES string of the molecule is COc1ccc(CC(=O)N(Cc2ccccc2)[C@H](C)C(=O)NC[C@@H]2CCCO2)cc1OC. The topological polar surface area (TPSA) is 77.1 Å². The predicted octanol–water partition coefficient (Wildman–Crippen LogP) is 2.96. The van der Waals surface area contributed by atoms with Gasteiger partial charge in [-0.25, -0.2) is 0 Å². The molecule has 1 N–H and O–H groups in total. The van der Waals surface area contributed by atoms with E-state index in [2.05, 4.69) is 5.32 Å². The molecule has 2 atom stereocenters. The van der Waals surface area contributed by atoms with Crippen molar-refractivity contribution in [2.75, 3.05) is 27.4 Å². The number of nitrogens with zero attached hydrogens (tertiary/aromatic N) is 1. The molecule has 2 amide bonds. The van der Waals surface area contributed by atoms with Crippen molar-refractivity contribution in [3.8, 4) is 11.5 Å². The highest BCUT2D eigenvalue weighted by Crippen LogP contribution is 2.28. The van der Waals surface area contributed by atoms with Crippen LogP contribution in [0.5, 0.6) is 11.5 Å². The Hall–Kier alpha value is -3.06. The lowest BCUT2D eigenvalue weighted by atomic mass is 10.1. The van der Waals surface area contributed by atoms with Crippen LogP contribution >= 0.6 is 0 Å². The van der Waals surface area contributed by atoms with Crippen molar-refractivity contribution >= 4 is 11.8 Å². The zero-order chi connectivity index (χ0) is 22.9. The minimum atomic E-state index is -0.621. The molecular formula is C25H32N2O5. The summed E-state index contributed by atoms with van der Waals surface area (Å²) in [5.41, 5.74) is 1.75. The van der Waals surface area contributed by atoms with Crippen LogP contribution in [0.1, 0.15) is 30.9 Å². The number of rotatable bonds is 10. The molecule has 1 saturated heterocycles. The molecule has 0 spiro atoms. The van der Waals surface area contributed by atoms with E-state index in [0.29, 0.717) is 24.6 Å². The Bertz CT molecular complexity index is 896. The van der Waals surface area contributed by atoms with E-state index in [0.717, 1.165) is 30.6 Å². The second-order valence-corrected chi connectivity index (χ2v) is 7.93. The van der Waals surface area contributed by atoms with Crippen LogP contribution in [0.25, 0.3) is 0 Å². The molecule has 7 nitrogen and oxygen atoms in total. The summed E-state index contributed by atoms with van der Waals surface area (Å²) in [4.78, 5) is 27.8. The van der Waals surface area contributed by atoms with Gasteiger partial charge >= 0.3 is 0 Å². The average Bonchev–Trinajstić information content (AvgIpc) is 3.34. The van der Waals surface area contributed by atoms with Gasteiger partial charge in [-0.1, -0.05) is 36.4 Å². The number of amides is 2. The minimum absolute atomic E-state index is 0.0520. The molecule has 7 heteroatoms. The van der Waals surface area contributed by atoms with Gasteiger partial charge in [0.2, 0.25) is 11.8 Å². The number of hydrogen-bond donors (Lipinski definition) is 1. The van der Waals surface area contributed by atoms with Crippen molar-refractivity contribution in [3.63, 3.8) is 0 Å². The number of carbonyl (C=O) groups is 2. The van der Waals surface area contributed by atoms with Crippen molar-refractivity contribution in [1.82, 2.24) is 10.2 Å². The maximum absolute atomic E-state index is 13.3. The second-order valence-electron chi connectivity index (χ2n) is 7.93. The van der Waals surface area contributed by atoms with E-state index in [9.17, 15) is 9.59 Å². The van der Waals surface area contributed by atoms with Crippen molar-refractivity contribution in [1.29, 1.82) is 0 Å². The molecule has 2 aromatic carbocycles. The first-order valence-electron chi connectivity index (χ1n) is 11.0. The van der Waals surface area contributed by atoms with Crippen LogP contribution in [0, 0.1) is 0 Å². The molecule has 0 unspecified atom stereocenters. The third-order valence-corrected chi connectivity index (χ3v) is 5.69. The average molecular weight is 441 g/mol. The third kappa shape index (κ3) is 6.23. The largest absolute Gasteiger partial charge is 0.493 e. The lowest BCUT2D eigenvalue weighted by molar-refractivity contribution is -0.140. The molecule has 3 rings (SSSR count). The van der Waals surface area contributed by atoms with E-state index in [1.807, 2.05) is 36.4 Å². The lowest BCUT2D eigenvalue weighted by Gasteiger charge is -2.29.